The number of hydrogen-bond donors (Lipinski definition) is 2. The first kappa shape index (κ1) is 14.5. The lowest BCUT2D eigenvalue weighted by Gasteiger charge is -2.35. The minimum Gasteiger partial charge on any atom is -0.368 e. The fourth-order valence-electron chi connectivity index (χ4n) is 2.61. The molecule has 0 radical (unpaired) electrons. The third-order valence-electron chi connectivity index (χ3n) is 3.82. The lowest BCUT2D eigenvalue weighted by atomic mass is 9.90. The summed E-state index contributed by atoms with van der Waals surface area (Å²) in [4.78, 5) is 13.5. The van der Waals surface area contributed by atoms with E-state index in [1.807, 2.05) is 6.92 Å². The Morgan fingerprint density at radius 2 is 2.00 bits per heavy atom. The van der Waals surface area contributed by atoms with E-state index in [0.717, 1.165) is 0 Å². The van der Waals surface area contributed by atoms with Crippen molar-refractivity contribution in [1.82, 2.24) is 10.2 Å². The number of carbonyl (C=O) groups is 1. The van der Waals surface area contributed by atoms with Gasteiger partial charge in [-0.15, -0.1) is 0 Å². The first-order valence-electron chi connectivity index (χ1n) is 6.82. The van der Waals surface area contributed by atoms with Crippen LogP contribution in [0, 0.1) is 5.92 Å². The number of nitrogens with zero attached hydrogens (tertiary/aromatic N) is 1. The third-order valence-corrected chi connectivity index (χ3v) is 3.82. The second-order valence-corrected chi connectivity index (χ2v) is 5.26. The smallest absolute Gasteiger partial charge is 0.234 e. The predicted molar refractivity (Wildman–Crippen MR) is 70.7 cm³/mol. The number of amides is 1. The van der Waals surface area contributed by atoms with Crippen molar-refractivity contribution in [2.75, 3.05) is 19.6 Å². The fourth-order valence-corrected chi connectivity index (χ4v) is 2.61. The summed E-state index contributed by atoms with van der Waals surface area (Å²) in [7, 11) is 0. The van der Waals surface area contributed by atoms with E-state index in [0.29, 0.717) is 12.0 Å². The van der Waals surface area contributed by atoms with Crippen LogP contribution >= 0.6 is 0 Å². The van der Waals surface area contributed by atoms with Gasteiger partial charge < -0.3 is 16.0 Å². The van der Waals surface area contributed by atoms with Crippen molar-refractivity contribution in [3.63, 3.8) is 0 Å². The highest BCUT2D eigenvalue weighted by Crippen LogP contribution is 2.20. The van der Waals surface area contributed by atoms with E-state index in [1.165, 1.54) is 38.9 Å². The summed E-state index contributed by atoms with van der Waals surface area (Å²) in [6, 6.07) is 0.153. The molecule has 1 amide bonds. The van der Waals surface area contributed by atoms with Gasteiger partial charge in [-0.3, -0.25) is 4.79 Å². The summed E-state index contributed by atoms with van der Waals surface area (Å²) in [6.45, 7) is 9.83. The average Bonchev–Trinajstić information content (AvgIpc) is 2.30. The highest BCUT2D eigenvalue weighted by molar-refractivity contribution is 5.79. The molecule has 100 valence electrons. The summed E-state index contributed by atoms with van der Waals surface area (Å²) in [6.07, 6.45) is 3.68. The Kier molecular flexibility index (Phi) is 5.92. The molecule has 4 nitrogen and oxygen atoms in total. The topological polar surface area (TPSA) is 58.4 Å². The average molecular weight is 241 g/mol. The number of primary amides is 1. The minimum absolute atomic E-state index is 0.223. The van der Waals surface area contributed by atoms with Gasteiger partial charge in [0, 0.05) is 6.04 Å². The summed E-state index contributed by atoms with van der Waals surface area (Å²) < 4.78 is 0. The van der Waals surface area contributed by atoms with Crippen molar-refractivity contribution in [2.24, 2.45) is 11.7 Å². The molecule has 4 heteroatoms. The number of piperidine rings is 1. The van der Waals surface area contributed by atoms with Gasteiger partial charge in [0.25, 0.3) is 0 Å². The Hall–Kier alpha value is -0.610. The summed E-state index contributed by atoms with van der Waals surface area (Å²) in [5.74, 6) is 0.408. The van der Waals surface area contributed by atoms with Gasteiger partial charge in [-0.25, -0.2) is 0 Å². The van der Waals surface area contributed by atoms with Crippen molar-refractivity contribution < 1.29 is 4.79 Å². The third kappa shape index (κ3) is 4.64. The zero-order valence-corrected chi connectivity index (χ0v) is 11.4. The van der Waals surface area contributed by atoms with Crippen LogP contribution < -0.4 is 11.1 Å². The van der Waals surface area contributed by atoms with Crippen LogP contribution in [-0.4, -0.2) is 42.5 Å². The Bertz CT molecular complexity index is 237. The molecule has 2 atom stereocenters. The van der Waals surface area contributed by atoms with Gasteiger partial charge >= 0.3 is 0 Å². The van der Waals surface area contributed by atoms with Crippen LogP contribution in [0.1, 0.15) is 40.0 Å². The van der Waals surface area contributed by atoms with Crippen LogP contribution in [0.4, 0.5) is 0 Å². The molecular formula is C13H27N3O. The van der Waals surface area contributed by atoms with E-state index in [-0.39, 0.29) is 11.9 Å². The van der Waals surface area contributed by atoms with E-state index in [4.69, 9.17) is 5.73 Å². The molecule has 0 spiro atoms. The monoisotopic (exact) mass is 241 g/mol. The van der Waals surface area contributed by atoms with E-state index in [9.17, 15) is 4.79 Å². The van der Waals surface area contributed by atoms with Crippen molar-refractivity contribution in [3.8, 4) is 0 Å². The molecule has 0 bridgehead atoms. The second kappa shape index (κ2) is 6.97. The first-order chi connectivity index (χ1) is 8.04. The van der Waals surface area contributed by atoms with Crippen LogP contribution in [0.3, 0.4) is 0 Å². The molecule has 0 aromatic carbocycles. The molecule has 0 saturated carbocycles. The number of likely N-dealkylation sites (tertiary alicyclic amines) is 1. The SMILES string of the molecule is CCCN1CCC(C(C)NC(C)C(N)=O)CC1. The van der Waals surface area contributed by atoms with Crippen molar-refractivity contribution in [2.45, 2.75) is 52.1 Å². The zero-order valence-electron chi connectivity index (χ0n) is 11.4. The summed E-state index contributed by atoms with van der Waals surface area (Å²) in [5, 5.41) is 3.30. The largest absolute Gasteiger partial charge is 0.368 e. The molecule has 17 heavy (non-hydrogen) atoms. The van der Waals surface area contributed by atoms with Crippen LogP contribution in [0.5, 0.6) is 0 Å². The Labute approximate surface area is 105 Å². The van der Waals surface area contributed by atoms with Gasteiger partial charge in [-0.1, -0.05) is 6.92 Å². The maximum Gasteiger partial charge on any atom is 0.234 e. The van der Waals surface area contributed by atoms with Gasteiger partial charge in [0.05, 0.1) is 6.04 Å². The van der Waals surface area contributed by atoms with Crippen molar-refractivity contribution in [1.29, 1.82) is 0 Å². The molecule has 1 aliphatic rings. The van der Waals surface area contributed by atoms with Gasteiger partial charge in [0.1, 0.15) is 0 Å². The molecule has 1 fully saturated rings. The maximum absolute atomic E-state index is 11.0. The minimum atomic E-state index is -0.264. The van der Waals surface area contributed by atoms with Crippen LogP contribution in [-0.2, 0) is 4.79 Å². The van der Waals surface area contributed by atoms with Gasteiger partial charge in [0.2, 0.25) is 5.91 Å². The van der Waals surface area contributed by atoms with E-state index >= 15 is 0 Å². The molecule has 1 aliphatic heterocycles. The van der Waals surface area contributed by atoms with E-state index < -0.39 is 0 Å². The van der Waals surface area contributed by atoms with Gasteiger partial charge in [0.15, 0.2) is 0 Å². The van der Waals surface area contributed by atoms with Crippen LogP contribution in [0.25, 0.3) is 0 Å². The number of nitrogens with one attached hydrogen (secondary N) is 1. The quantitative estimate of drug-likeness (QED) is 0.728. The molecular weight excluding hydrogens is 214 g/mol. The zero-order chi connectivity index (χ0) is 12.8. The molecule has 1 rings (SSSR count). The highest BCUT2D eigenvalue weighted by Gasteiger charge is 2.25. The number of rotatable bonds is 6. The molecule has 1 heterocycles. The highest BCUT2D eigenvalue weighted by atomic mass is 16.1. The molecule has 0 aromatic rings. The Morgan fingerprint density at radius 1 is 1.41 bits per heavy atom. The normalized spacial score (nSPS) is 22.3. The molecule has 0 aliphatic carbocycles. The standard InChI is InChI=1S/C13H27N3O/c1-4-7-16-8-5-12(6-9-16)10(2)15-11(3)13(14)17/h10-12,15H,4-9H2,1-3H3,(H2,14,17). The molecule has 1 saturated heterocycles. The van der Waals surface area contributed by atoms with Gasteiger partial charge in [-0.2, -0.15) is 0 Å². The number of carbonyl (C=O) groups excluding carboxylic acids is 1. The summed E-state index contributed by atoms with van der Waals surface area (Å²) >= 11 is 0. The fraction of sp³-hybridized carbons (Fsp3) is 0.923. The molecule has 3 N–H and O–H groups in total. The van der Waals surface area contributed by atoms with E-state index in [1.54, 1.807) is 0 Å². The lowest BCUT2D eigenvalue weighted by Crippen LogP contribution is -2.48. The van der Waals surface area contributed by atoms with Crippen molar-refractivity contribution >= 4 is 5.91 Å². The van der Waals surface area contributed by atoms with Gasteiger partial charge in [-0.05, 0) is 58.7 Å². The molecule has 2 unspecified atom stereocenters. The summed E-state index contributed by atoms with van der Waals surface area (Å²) in [5.41, 5.74) is 5.27. The second-order valence-electron chi connectivity index (χ2n) is 5.26. The van der Waals surface area contributed by atoms with Crippen molar-refractivity contribution in [3.05, 3.63) is 0 Å². The molecule has 0 aromatic heterocycles. The number of nitrogens with two attached hydrogens (primary N) is 1. The predicted octanol–water partition coefficient (Wildman–Crippen LogP) is 0.960. The van der Waals surface area contributed by atoms with Crippen LogP contribution in [0.15, 0.2) is 0 Å². The lowest BCUT2D eigenvalue weighted by molar-refractivity contribution is -0.119. The Balaban J connectivity index is 2.30. The maximum atomic E-state index is 11.0. The van der Waals surface area contributed by atoms with Crippen LogP contribution in [0.2, 0.25) is 0 Å². The Morgan fingerprint density at radius 3 is 2.47 bits per heavy atom. The van der Waals surface area contributed by atoms with E-state index in [2.05, 4.69) is 24.1 Å². The first-order valence-corrected chi connectivity index (χ1v) is 6.82. The number of hydrogen-bond acceptors (Lipinski definition) is 3.